The van der Waals surface area contributed by atoms with E-state index in [4.69, 9.17) is 0 Å². The van der Waals surface area contributed by atoms with Crippen molar-refractivity contribution < 1.29 is 4.55 Å². The summed E-state index contributed by atoms with van der Waals surface area (Å²) < 4.78 is 13.0. The largest absolute Gasteiger partial charge is 0.611 e. The van der Waals surface area contributed by atoms with Gasteiger partial charge in [0.1, 0.15) is 5.75 Å². The topological polar surface area (TPSA) is 23.1 Å². The fourth-order valence-electron chi connectivity index (χ4n) is 1.40. The monoisotopic (exact) mass is 294 g/mol. The molecular weight excluding hydrogens is 284 g/mol. The Balaban J connectivity index is 2.09. The van der Waals surface area contributed by atoms with E-state index in [0.717, 1.165) is 14.9 Å². The average Bonchev–Trinajstić information content (AvgIpc) is 2.31. The highest BCUT2D eigenvalue weighted by Crippen LogP contribution is 2.18. The standard InChI is InChI=1S/C13H11BrOS/c14-12-6-8-13(9-7-12)16(15)10-11-4-2-1-3-5-11/h1-9H,10H2. The molecule has 0 spiro atoms. The van der Waals surface area contributed by atoms with Gasteiger partial charge in [0.15, 0.2) is 4.90 Å². The van der Waals surface area contributed by atoms with Crippen molar-refractivity contribution >= 4 is 27.1 Å². The van der Waals surface area contributed by atoms with E-state index in [1.54, 1.807) is 0 Å². The Morgan fingerprint density at radius 3 is 2.19 bits per heavy atom. The van der Waals surface area contributed by atoms with Gasteiger partial charge in [0.25, 0.3) is 0 Å². The quantitative estimate of drug-likeness (QED) is 0.791. The van der Waals surface area contributed by atoms with Gasteiger partial charge in [-0.15, -0.1) is 0 Å². The zero-order chi connectivity index (χ0) is 11.4. The molecule has 2 rings (SSSR count). The molecule has 0 fully saturated rings. The van der Waals surface area contributed by atoms with Crippen LogP contribution >= 0.6 is 15.9 Å². The molecule has 0 heterocycles. The lowest BCUT2D eigenvalue weighted by Crippen LogP contribution is -2.04. The first-order valence-corrected chi connectivity index (χ1v) is 7.05. The molecule has 0 N–H and O–H groups in total. The summed E-state index contributed by atoms with van der Waals surface area (Å²) in [7, 11) is 0. The number of benzene rings is 2. The Bertz CT molecular complexity index is 441. The van der Waals surface area contributed by atoms with Crippen LogP contribution in [0.1, 0.15) is 5.56 Å². The minimum atomic E-state index is -0.963. The molecule has 0 saturated carbocycles. The highest BCUT2D eigenvalue weighted by atomic mass is 79.9. The number of hydrogen-bond acceptors (Lipinski definition) is 1. The molecule has 0 bridgehead atoms. The van der Waals surface area contributed by atoms with Crippen LogP contribution in [-0.2, 0) is 16.9 Å². The van der Waals surface area contributed by atoms with Gasteiger partial charge in [-0.2, -0.15) is 0 Å². The molecular formula is C13H11BrOS. The van der Waals surface area contributed by atoms with Crippen molar-refractivity contribution in [3.8, 4) is 0 Å². The second-order valence-corrected chi connectivity index (χ2v) is 5.80. The predicted octanol–water partition coefficient (Wildman–Crippen LogP) is 3.76. The van der Waals surface area contributed by atoms with E-state index in [1.807, 2.05) is 54.6 Å². The van der Waals surface area contributed by atoms with Crippen LogP contribution < -0.4 is 0 Å². The second-order valence-electron chi connectivity index (χ2n) is 3.43. The van der Waals surface area contributed by atoms with Crippen LogP contribution in [0.25, 0.3) is 0 Å². The van der Waals surface area contributed by atoms with Gasteiger partial charge in [-0.05, 0) is 35.4 Å². The molecule has 3 heteroatoms. The second kappa shape index (κ2) is 5.53. The first-order valence-electron chi connectivity index (χ1n) is 4.93. The normalized spacial score (nSPS) is 12.4. The maximum absolute atomic E-state index is 12.0. The summed E-state index contributed by atoms with van der Waals surface area (Å²) in [6.45, 7) is 0. The van der Waals surface area contributed by atoms with Crippen LogP contribution in [0.15, 0.2) is 64.0 Å². The minimum absolute atomic E-state index is 0.572. The maximum Gasteiger partial charge on any atom is 0.153 e. The van der Waals surface area contributed by atoms with E-state index in [9.17, 15) is 4.55 Å². The van der Waals surface area contributed by atoms with Crippen molar-refractivity contribution in [2.24, 2.45) is 0 Å². The summed E-state index contributed by atoms with van der Waals surface area (Å²) in [4.78, 5) is 0.868. The molecule has 0 radical (unpaired) electrons. The predicted molar refractivity (Wildman–Crippen MR) is 70.7 cm³/mol. The van der Waals surface area contributed by atoms with Gasteiger partial charge in [-0.3, -0.25) is 0 Å². The van der Waals surface area contributed by atoms with Crippen LogP contribution in [0.3, 0.4) is 0 Å². The Kier molecular flexibility index (Phi) is 4.04. The average molecular weight is 295 g/mol. The molecule has 0 aliphatic heterocycles. The zero-order valence-corrected chi connectivity index (χ0v) is 11.0. The highest BCUT2D eigenvalue weighted by molar-refractivity contribution is 9.10. The fraction of sp³-hybridized carbons (Fsp3) is 0.0769. The van der Waals surface area contributed by atoms with Gasteiger partial charge in [0.05, 0.1) is 0 Å². The van der Waals surface area contributed by atoms with Crippen LogP contribution in [0.2, 0.25) is 0 Å². The maximum atomic E-state index is 12.0. The summed E-state index contributed by atoms with van der Waals surface area (Å²) in [6, 6.07) is 17.5. The van der Waals surface area contributed by atoms with Crippen molar-refractivity contribution in [2.45, 2.75) is 10.6 Å². The first kappa shape index (κ1) is 11.7. The van der Waals surface area contributed by atoms with Gasteiger partial charge in [0, 0.05) is 10.0 Å². The number of hydrogen-bond donors (Lipinski definition) is 0. The Morgan fingerprint density at radius 1 is 0.938 bits per heavy atom. The van der Waals surface area contributed by atoms with Crippen molar-refractivity contribution in [3.63, 3.8) is 0 Å². The molecule has 1 nitrogen and oxygen atoms in total. The molecule has 82 valence electrons. The lowest BCUT2D eigenvalue weighted by molar-refractivity contribution is 0.594. The minimum Gasteiger partial charge on any atom is -0.611 e. The summed E-state index contributed by atoms with van der Waals surface area (Å²) in [5.41, 5.74) is 1.10. The van der Waals surface area contributed by atoms with E-state index in [-0.39, 0.29) is 0 Å². The fourth-order valence-corrected chi connectivity index (χ4v) is 2.76. The van der Waals surface area contributed by atoms with Crippen LogP contribution in [0, 0.1) is 0 Å². The third-order valence-electron chi connectivity index (χ3n) is 2.22. The van der Waals surface area contributed by atoms with E-state index in [1.165, 1.54) is 0 Å². The third kappa shape index (κ3) is 3.11. The summed E-state index contributed by atoms with van der Waals surface area (Å²) in [5, 5.41) is 0. The molecule has 1 atom stereocenters. The van der Waals surface area contributed by atoms with Crippen molar-refractivity contribution in [1.29, 1.82) is 0 Å². The van der Waals surface area contributed by atoms with Crippen LogP contribution in [0.5, 0.6) is 0 Å². The lowest BCUT2D eigenvalue weighted by atomic mass is 10.2. The van der Waals surface area contributed by atoms with Crippen molar-refractivity contribution in [3.05, 3.63) is 64.6 Å². The van der Waals surface area contributed by atoms with Gasteiger partial charge < -0.3 is 4.55 Å². The Labute approximate surface area is 107 Å². The van der Waals surface area contributed by atoms with Crippen molar-refractivity contribution in [1.82, 2.24) is 0 Å². The first-order chi connectivity index (χ1) is 7.75. The van der Waals surface area contributed by atoms with Crippen molar-refractivity contribution in [2.75, 3.05) is 0 Å². The molecule has 0 saturated heterocycles. The van der Waals surface area contributed by atoms with Crippen LogP contribution in [-0.4, -0.2) is 4.55 Å². The lowest BCUT2D eigenvalue weighted by Gasteiger charge is -2.10. The molecule has 2 aromatic rings. The van der Waals surface area contributed by atoms with E-state index in [0.29, 0.717) is 5.75 Å². The molecule has 16 heavy (non-hydrogen) atoms. The van der Waals surface area contributed by atoms with Crippen LogP contribution in [0.4, 0.5) is 0 Å². The molecule has 0 aliphatic rings. The van der Waals surface area contributed by atoms with Gasteiger partial charge in [-0.25, -0.2) is 0 Å². The van der Waals surface area contributed by atoms with E-state index < -0.39 is 11.2 Å². The van der Waals surface area contributed by atoms with E-state index >= 15 is 0 Å². The Morgan fingerprint density at radius 2 is 1.56 bits per heavy atom. The SMILES string of the molecule is [O-][S+](Cc1ccccc1)c1ccc(Br)cc1. The number of rotatable bonds is 3. The molecule has 0 aromatic heterocycles. The van der Waals surface area contributed by atoms with Gasteiger partial charge in [-0.1, -0.05) is 46.3 Å². The third-order valence-corrected chi connectivity index (χ3v) is 4.14. The molecule has 1 unspecified atom stereocenters. The highest BCUT2D eigenvalue weighted by Gasteiger charge is 2.10. The summed E-state index contributed by atoms with van der Waals surface area (Å²) in [5.74, 6) is 0.572. The molecule has 0 aliphatic carbocycles. The van der Waals surface area contributed by atoms with E-state index in [2.05, 4.69) is 15.9 Å². The summed E-state index contributed by atoms with van der Waals surface area (Å²) >= 11 is 2.40. The molecule has 2 aromatic carbocycles. The van der Waals surface area contributed by atoms with Gasteiger partial charge in [0.2, 0.25) is 0 Å². The van der Waals surface area contributed by atoms with Gasteiger partial charge >= 0.3 is 0 Å². The number of halogens is 1. The Hall–Kier alpha value is -0.770. The zero-order valence-electron chi connectivity index (χ0n) is 8.60. The smallest absolute Gasteiger partial charge is 0.153 e. The summed E-state index contributed by atoms with van der Waals surface area (Å²) in [6.07, 6.45) is 0. The molecule has 0 amide bonds.